The van der Waals surface area contributed by atoms with Crippen molar-refractivity contribution in [2.24, 2.45) is 5.41 Å². The number of oxazole rings is 1. The number of carbonyl (C=O) groups excluding carboxylic acids is 1. The number of piperidine rings is 1. The number of carboxylic acid groups (broad SMARTS) is 1. The zero-order valence-corrected chi connectivity index (χ0v) is 21.9. The van der Waals surface area contributed by atoms with Gasteiger partial charge in [0.15, 0.2) is 12.0 Å². The number of halogens is 6. The molecule has 2 heterocycles. The van der Waals surface area contributed by atoms with Gasteiger partial charge in [-0.15, -0.1) is 0 Å². The lowest BCUT2D eigenvalue weighted by molar-refractivity contribution is -0.236. The molecule has 1 atom stereocenters. The van der Waals surface area contributed by atoms with Crippen LogP contribution in [0.25, 0.3) is 33.0 Å². The Morgan fingerprint density at radius 3 is 2.26 bits per heavy atom. The third kappa shape index (κ3) is 5.65. The van der Waals surface area contributed by atoms with E-state index in [9.17, 15) is 41.0 Å². The number of likely N-dealkylation sites (tertiary alicyclic amines) is 1. The van der Waals surface area contributed by atoms with Crippen LogP contribution in [0, 0.1) is 5.41 Å². The zero-order valence-electron chi connectivity index (χ0n) is 21.9. The van der Waals surface area contributed by atoms with Gasteiger partial charge in [-0.1, -0.05) is 48.5 Å². The number of fused-ring (bicyclic) bond motifs is 2. The Balaban J connectivity index is 1.42. The first-order valence-electron chi connectivity index (χ1n) is 13.0. The smallest absolute Gasteiger partial charge is 0.403 e. The third-order valence-electron chi connectivity index (χ3n) is 7.78. The number of aromatic nitrogens is 1. The Bertz CT molecular complexity index is 1620. The molecule has 1 aliphatic heterocycles. The van der Waals surface area contributed by atoms with Gasteiger partial charge < -0.3 is 14.8 Å². The molecule has 0 bridgehead atoms. The second kappa shape index (κ2) is 10.9. The van der Waals surface area contributed by atoms with E-state index in [1.54, 1.807) is 36.4 Å². The number of nitrogens with one attached hydrogen (secondary N) is 1. The molecule has 0 unspecified atom stereocenters. The number of carbonyl (C=O) groups is 2. The minimum atomic E-state index is -5.10. The number of para-hydroxylation sites is 1. The number of aliphatic carboxylic acids is 1. The summed E-state index contributed by atoms with van der Waals surface area (Å²) in [5.74, 6) is -3.11. The van der Waals surface area contributed by atoms with Crippen molar-refractivity contribution in [1.82, 2.24) is 15.2 Å². The molecular formula is C29H25F6N3O4. The fourth-order valence-electron chi connectivity index (χ4n) is 5.59. The van der Waals surface area contributed by atoms with Gasteiger partial charge in [-0.05, 0) is 53.9 Å². The molecule has 0 saturated carbocycles. The van der Waals surface area contributed by atoms with Crippen molar-refractivity contribution in [1.29, 1.82) is 0 Å². The number of amides is 1. The minimum Gasteiger partial charge on any atom is -0.480 e. The Labute approximate surface area is 235 Å². The van der Waals surface area contributed by atoms with Crippen LogP contribution in [0.4, 0.5) is 26.3 Å². The van der Waals surface area contributed by atoms with E-state index in [1.165, 1.54) is 6.39 Å². The van der Waals surface area contributed by atoms with E-state index in [0.29, 0.717) is 22.0 Å². The molecule has 5 rings (SSSR count). The Hall–Kier alpha value is -4.13. The van der Waals surface area contributed by atoms with Crippen molar-refractivity contribution in [2.75, 3.05) is 19.6 Å². The summed E-state index contributed by atoms with van der Waals surface area (Å²) < 4.78 is 86.4. The van der Waals surface area contributed by atoms with Crippen molar-refractivity contribution in [3.63, 3.8) is 0 Å². The van der Waals surface area contributed by atoms with Crippen molar-refractivity contribution in [3.8, 4) is 11.1 Å². The Morgan fingerprint density at radius 2 is 1.60 bits per heavy atom. The van der Waals surface area contributed by atoms with Crippen molar-refractivity contribution in [3.05, 3.63) is 66.6 Å². The van der Waals surface area contributed by atoms with Crippen molar-refractivity contribution < 1.29 is 45.5 Å². The third-order valence-corrected chi connectivity index (χ3v) is 7.78. The maximum Gasteiger partial charge on any atom is 0.403 e. The van der Waals surface area contributed by atoms with E-state index < -0.39 is 68.2 Å². The van der Waals surface area contributed by atoms with Crippen LogP contribution in [0.5, 0.6) is 0 Å². The van der Waals surface area contributed by atoms with Crippen molar-refractivity contribution >= 4 is 33.7 Å². The SMILES string of the molecule is O=C(O)[C@H](Cc1cccc2c(-c3cccc4ocnc34)cccc12)NC(=O)C1(C(F)(F)F)CCN(CC(F)(F)F)CC1. The topological polar surface area (TPSA) is 95.7 Å². The summed E-state index contributed by atoms with van der Waals surface area (Å²) in [6.45, 7) is -2.63. The summed E-state index contributed by atoms with van der Waals surface area (Å²) in [6.07, 6.45) is -10.6. The van der Waals surface area contributed by atoms with Crippen LogP contribution in [-0.4, -0.2) is 64.9 Å². The molecule has 0 aliphatic carbocycles. The summed E-state index contributed by atoms with van der Waals surface area (Å²) in [4.78, 5) is 30.4. The van der Waals surface area contributed by atoms with Crippen LogP contribution in [0.3, 0.4) is 0 Å². The largest absolute Gasteiger partial charge is 0.480 e. The molecule has 7 nitrogen and oxygen atoms in total. The monoisotopic (exact) mass is 593 g/mol. The van der Waals surface area contributed by atoms with E-state index in [-0.39, 0.29) is 6.42 Å². The Kier molecular flexibility index (Phi) is 7.64. The van der Waals surface area contributed by atoms with Crippen LogP contribution in [0.2, 0.25) is 0 Å². The average Bonchev–Trinajstić information content (AvgIpc) is 3.41. The number of nitrogens with zero attached hydrogens (tertiary/aromatic N) is 2. The molecule has 2 N–H and O–H groups in total. The normalized spacial score (nSPS) is 16.9. The van der Waals surface area contributed by atoms with E-state index in [4.69, 9.17) is 4.42 Å². The molecule has 1 aromatic heterocycles. The predicted molar refractivity (Wildman–Crippen MR) is 140 cm³/mol. The molecule has 1 amide bonds. The fourth-order valence-corrected chi connectivity index (χ4v) is 5.59. The number of hydrogen-bond acceptors (Lipinski definition) is 5. The molecule has 0 spiro atoms. The number of hydrogen-bond donors (Lipinski definition) is 2. The van der Waals surface area contributed by atoms with Crippen LogP contribution in [0.1, 0.15) is 18.4 Å². The summed E-state index contributed by atoms with van der Waals surface area (Å²) in [6, 6.07) is 14.1. The molecule has 42 heavy (non-hydrogen) atoms. The number of carboxylic acids is 1. The van der Waals surface area contributed by atoms with E-state index in [1.807, 2.05) is 18.2 Å². The van der Waals surface area contributed by atoms with Crippen LogP contribution in [-0.2, 0) is 16.0 Å². The molecule has 4 aromatic rings. The van der Waals surface area contributed by atoms with Crippen LogP contribution in [0.15, 0.2) is 65.4 Å². The molecular weight excluding hydrogens is 568 g/mol. The van der Waals surface area contributed by atoms with E-state index >= 15 is 0 Å². The summed E-state index contributed by atoms with van der Waals surface area (Å²) in [5.41, 5.74) is 0.171. The summed E-state index contributed by atoms with van der Waals surface area (Å²) in [7, 11) is 0. The molecule has 0 radical (unpaired) electrons. The highest BCUT2D eigenvalue weighted by molar-refractivity contribution is 6.04. The predicted octanol–water partition coefficient (Wildman–Crippen LogP) is 5.97. The highest BCUT2D eigenvalue weighted by Crippen LogP contribution is 2.47. The van der Waals surface area contributed by atoms with Gasteiger partial charge in [0.05, 0.1) is 6.54 Å². The average molecular weight is 594 g/mol. The van der Waals surface area contributed by atoms with Gasteiger partial charge in [0.25, 0.3) is 0 Å². The maximum absolute atomic E-state index is 14.2. The minimum absolute atomic E-state index is 0.329. The van der Waals surface area contributed by atoms with Gasteiger partial charge >= 0.3 is 18.3 Å². The highest BCUT2D eigenvalue weighted by Gasteiger charge is 2.61. The first-order valence-corrected chi connectivity index (χ1v) is 13.0. The van der Waals surface area contributed by atoms with Gasteiger partial charge in [0.2, 0.25) is 5.91 Å². The first-order chi connectivity index (χ1) is 19.8. The lowest BCUT2D eigenvalue weighted by Gasteiger charge is -2.42. The van der Waals surface area contributed by atoms with Gasteiger partial charge in [0, 0.05) is 12.0 Å². The standard InChI is InChI=1S/C29H25F6N3O4/c30-28(31,32)15-38-12-10-27(11-13-38,29(33,34)35)26(41)37-22(25(39)40)14-17-4-1-6-19-18(17)5-2-7-20(19)21-8-3-9-23-24(21)36-16-42-23/h1-9,16,22H,10-15H2,(H,37,41)(H,39,40)/t22-/m0/s1. The lowest BCUT2D eigenvalue weighted by Crippen LogP contribution is -2.59. The maximum atomic E-state index is 14.2. The van der Waals surface area contributed by atoms with Gasteiger partial charge in [-0.3, -0.25) is 9.69 Å². The molecule has 3 aromatic carbocycles. The van der Waals surface area contributed by atoms with Gasteiger partial charge in [-0.2, -0.15) is 26.3 Å². The van der Waals surface area contributed by atoms with Crippen LogP contribution >= 0.6 is 0 Å². The van der Waals surface area contributed by atoms with Gasteiger partial charge in [-0.25, -0.2) is 9.78 Å². The summed E-state index contributed by atoms with van der Waals surface area (Å²) >= 11 is 0. The van der Waals surface area contributed by atoms with Gasteiger partial charge in [0.1, 0.15) is 17.0 Å². The quantitative estimate of drug-likeness (QED) is 0.257. The van der Waals surface area contributed by atoms with E-state index in [2.05, 4.69) is 10.3 Å². The first kappa shape index (κ1) is 29.4. The number of alkyl halides is 6. The molecule has 222 valence electrons. The lowest BCUT2D eigenvalue weighted by atomic mass is 9.76. The van der Waals surface area contributed by atoms with Crippen molar-refractivity contribution in [2.45, 2.75) is 37.7 Å². The number of benzene rings is 3. The van der Waals surface area contributed by atoms with Crippen LogP contribution < -0.4 is 5.32 Å². The Morgan fingerprint density at radius 1 is 0.952 bits per heavy atom. The molecule has 1 fully saturated rings. The molecule has 1 aliphatic rings. The second-order valence-electron chi connectivity index (χ2n) is 10.4. The van der Waals surface area contributed by atoms with E-state index in [0.717, 1.165) is 21.4 Å². The number of rotatable bonds is 7. The summed E-state index contributed by atoms with van der Waals surface area (Å²) in [5, 5.41) is 13.3. The molecule has 13 heteroatoms. The fraction of sp³-hybridized carbons (Fsp3) is 0.345. The zero-order chi connectivity index (χ0) is 30.3. The highest BCUT2D eigenvalue weighted by atomic mass is 19.4. The molecule has 1 saturated heterocycles. The second-order valence-corrected chi connectivity index (χ2v) is 10.4.